The number of furan rings is 1. The van der Waals surface area contributed by atoms with Gasteiger partial charge in [0.25, 0.3) is 11.8 Å². The fourth-order valence-electron chi connectivity index (χ4n) is 2.56. The van der Waals surface area contributed by atoms with E-state index in [1.54, 1.807) is 48.5 Å². The number of nitrogens with one attached hydrogen (secondary N) is 2. The van der Waals surface area contributed by atoms with Gasteiger partial charge in [0.1, 0.15) is 5.75 Å². The third kappa shape index (κ3) is 5.55. The molecule has 0 fully saturated rings. The van der Waals surface area contributed by atoms with Crippen LogP contribution in [0.25, 0.3) is 0 Å². The van der Waals surface area contributed by atoms with Crippen molar-refractivity contribution < 1.29 is 23.5 Å². The Kier molecular flexibility index (Phi) is 6.46. The van der Waals surface area contributed by atoms with E-state index in [-0.39, 0.29) is 18.2 Å². The molecule has 148 valence electrons. The van der Waals surface area contributed by atoms with Crippen molar-refractivity contribution in [1.82, 2.24) is 5.32 Å². The Morgan fingerprint density at radius 2 is 1.79 bits per heavy atom. The van der Waals surface area contributed by atoms with Crippen LogP contribution in [0.5, 0.6) is 5.75 Å². The topological polar surface area (TPSA) is 97.6 Å². The number of anilines is 1. The number of amides is 2. The van der Waals surface area contributed by atoms with E-state index in [1.165, 1.54) is 13.0 Å². The number of hydrogen-bond donors (Lipinski definition) is 2. The Morgan fingerprint density at radius 1 is 1.00 bits per heavy atom. The number of carbonyl (C=O) groups is 3. The van der Waals surface area contributed by atoms with Crippen LogP contribution in [0.1, 0.15) is 33.4 Å². The van der Waals surface area contributed by atoms with Gasteiger partial charge in [0.2, 0.25) is 0 Å². The summed E-state index contributed by atoms with van der Waals surface area (Å²) in [6.07, 6.45) is 0. The highest BCUT2D eigenvalue weighted by Gasteiger charge is 2.14. The van der Waals surface area contributed by atoms with E-state index >= 15 is 0 Å². The number of carbonyl (C=O) groups excluding carboxylic acids is 3. The molecule has 2 aromatic carbocycles. The van der Waals surface area contributed by atoms with Crippen molar-refractivity contribution in [1.29, 1.82) is 0 Å². The lowest BCUT2D eigenvalue weighted by Crippen LogP contribution is -2.24. The molecule has 0 aliphatic rings. The summed E-state index contributed by atoms with van der Waals surface area (Å²) in [4.78, 5) is 35.8. The van der Waals surface area contributed by atoms with Crippen LogP contribution in [0, 0.1) is 0 Å². The summed E-state index contributed by atoms with van der Waals surface area (Å²) in [5.41, 5.74) is 1.63. The lowest BCUT2D eigenvalue weighted by atomic mass is 10.1. The number of para-hydroxylation sites is 1. The van der Waals surface area contributed by atoms with Gasteiger partial charge in [-0.2, -0.15) is 0 Å². The molecule has 0 spiro atoms. The van der Waals surface area contributed by atoms with Gasteiger partial charge in [-0.3, -0.25) is 14.4 Å². The molecule has 3 aromatic rings. The molecule has 0 saturated heterocycles. The highest BCUT2D eigenvalue weighted by Crippen LogP contribution is 2.19. The lowest BCUT2D eigenvalue weighted by Gasteiger charge is -2.12. The standard InChI is InChI=1S/C21H17BrN2O5/c1-13(25)28-16-7-4-6-14(11-16)20(26)23-12-15-5-2-3-8-17(15)24-21(27)18-9-10-19(22)29-18/h2-11H,12H2,1H3,(H,23,26)(H,24,27). The van der Waals surface area contributed by atoms with Crippen molar-refractivity contribution in [2.45, 2.75) is 13.5 Å². The maximum absolute atomic E-state index is 12.5. The van der Waals surface area contributed by atoms with E-state index in [9.17, 15) is 14.4 Å². The van der Waals surface area contributed by atoms with Crippen LogP contribution in [-0.4, -0.2) is 17.8 Å². The number of benzene rings is 2. The van der Waals surface area contributed by atoms with Gasteiger partial charge in [-0.15, -0.1) is 0 Å². The number of rotatable bonds is 6. The normalized spacial score (nSPS) is 10.3. The van der Waals surface area contributed by atoms with Crippen molar-refractivity contribution in [3.63, 3.8) is 0 Å². The zero-order chi connectivity index (χ0) is 20.8. The Labute approximate surface area is 175 Å². The first-order valence-electron chi connectivity index (χ1n) is 8.63. The molecule has 7 nitrogen and oxygen atoms in total. The minimum Gasteiger partial charge on any atom is -0.444 e. The summed E-state index contributed by atoms with van der Waals surface area (Å²) in [6.45, 7) is 1.48. The maximum atomic E-state index is 12.5. The molecular formula is C21H17BrN2O5. The van der Waals surface area contributed by atoms with Gasteiger partial charge >= 0.3 is 5.97 Å². The Hall–Kier alpha value is -3.39. The van der Waals surface area contributed by atoms with Crippen LogP contribution < -0.4 is 15.4 Å². The van der Waals surface area contributed by atoms with Gasteiger partial charge in [-0.25, -0.2) is 0 Å². The molecule has 0 unspecified atom stereocenters. The van der Waals surface area contributed by atoms with Crippen molar-refractivity contribution in [3.8, 4) is 5.75 Å². The van der Waals surface area contributed by atoms with Crippen LogP contribution in [0.4, 0.5) is 5.69 Å². The Morgan fingerprint density at radius 3 is 2.52 bits per heavy atom. The molecule has 1 aromatic heterocycles. The number of hydrogen-bond acceptors (Lipinski definition) is 5. The molecule has 0 aliphatic carbocycles. The van der Waals surface area contributed by atoms with Crippen molar-refractivity contribution in [2.24, 2.45) is 0 Å². The van der Waals surface area contributed by atoms with E-state index < -0.39 is 11.9 Å². The predicted octanol–water partition coefficient (Wildman–Crippen LogP) is 4.15. The summed E-state index contributed by atoms with van der Waals surface area (Å²) < 4.78 is 10.7. The second-order valence-electron chi connectivity index (χ2n) is 6.02. The predicted molar refractivity (Wildman–Crippen MR) is 110 cm³/mol. The van der Waals surface area contributed by atoms with Crippen LogP contribution in [-0.2, 0) is 11.3 Å². The number of esters is 1. The highest BCUT2D eigenvalue weighted by molar-refractivity contribution is 9.10. The smallest absolute Gasteiger partial charge is 0.308 e. The van der Waals surface area contributed by atoms with E-state index in [1.807, 2.05) is 6.07 Å². The molecule has 0 atom stereocenters. The molecule has 0 bridgehead atoms. The average Bonchev–Trinajstić information content (AvgIpc) is 3.13. The molecule has 3 rings (SSSR count). The minimum atomic E-state index is -0.462. The van der Waals surface area contributed by atoms with Gasteiger partial charge in [-0.1, -0.05) is 24.3 Å². The second-order valence-corrected chi connectivity index (χ2v) is 6.80. The van der Waals surface area contributed by atoms with Crippen molar-refractivity contribution in [2.75, 3.05) is 5.32 Å². The first-order valence-corrected chi connectivity index (χ1v) is 9.43. The SMILES string of the molecule is CC(=O)Oc1cccc(C(=O)NCc2ccccc2NC(=O)c2ccc(Br)o2)c1. The first-order chi connectivity index (χ1) is 13.9. The fourth-order valence-corrected chi connectivity index (χ4v) is 2.87. The van der Waals surface area contributed by atoms with Crippen LogP contribution >= 0.6 is 15.9 Å². The third-order valence-electron chi connectivity index (χ3n) is 3.86. The Bertz CT molecular complexity index is 1060. The first kappa shape index (κ1) is 20.3. The molecule has 8 heteroatoms. The largest absolute Gasteiger partial charge is 0.444 e. The van der Waals surface area contributed by atoms with E-state index in [2.05, 4.69) is 26.6 Å². The van der Waals surface area contributed by atoms with Crippen LogP contribution in [0.2, 0.25) is 0 Å². The lowest BCUT2D eigenvalue weighted by molar-refractivity contribution is -0.131. The molecule has 0 aliphatic heterocycles. The highest BCUT2D eigenvalue weighted by atomic mass is 79.9. The summed E-state index contributed by atoms with van der Waals surface area (Å²) in [5.74, 6) is -0.741. The molecular weight excluding hydrogens is 440 g/mol. The molecule has 0 radical (unpaired) electrons. The number of ether oxygens (including phenoxy) is 1. The van der Waals surface area contributed by atoms with Gasteiger partial charge in [0.15, 0.2) is 10.4 Å². The summed E-state index contributed by atoms with van der Waals surface area (Å²) in [5, 5.41) is 5.56. The van der Waals surface area contributed by atoms with E-state index in [0.29, 0.717) is 21.7 Å². The molecule has 29 heavy (non-hydrogen) atoms. The third-order valence-corrected chi connectivity index (χ3v) is 4.29. The monoisotopic (exact) mass is 456 g/mol. The van der Waals surface area contributed by atoms with Crippen molar-refractivity contribution in [3.05, 3.63) is 82.2 Å². The van der Waals surface area contributed by atoms with Gasteiger partial charge in [0.05, 0.1) is 0 Å². The minimum absolute atomic E-state index is 0.165. The van der Waals surface area contributed by atoms with Gasteiger partial charge in [0, 0.05) is 24.7 Å². The second kappa shape index (κ2) is 9.20. The molecule has 2 N–H and O–H groups in total. The fraction of sp³-hybridized carbons (Fsp3) is 0.0952. The molecule has 0 saturated carbocycles. The summed E-state index contributed by atoms with van der Waals surface area (Å²) >= 11 is 3.16. The van der Waals surface area contributed by atoms with E-state index in [4.69, 9.17) is 9.15 Å². The molecule has 1 heterocycles. The number of halogens is 1. The zero-order valence-electron chi connectivity index (χ0n) is 15.4. The van der Waals surface area contributed by atoms with Gasteiger partial charge < -0.3 is 19.8 Å². The maximum Gasteiger partial charge on any atom is 0.308 e. The summed E-state index contributed by atoms with van der Waals surface area (Å²) in [6, 6.07) is 16.6. The zero-order valence-corrected chi connectivity index (χ0v) is 17.0. The molecule has 2 amide bonds. The quantitative estimate of drug-likeness (QED) is 0.428. The van der Waals surface area contributed by atoms with Crippen LogP contribution in [0.15, 0.2) is 69.8 Å². The average molecular weight is 457 g/mol. The summed E-state index contributed by atoms with van der Waals surface area (Å²) in [7, 11) is 0. The van der Waals surface area contributed by atoms with E-state index in [0.717, 1.165) is 5.56 Å². The van der Waals surface area contributed by atoms with Gasteiger partial charge in [-0.05, 0) is 57.9 Å². The van der Waals surface area contributed by atoms with Crippen LogP contribution in [0.3, 0.4) is 0 Å². The Balaban J connectivity index is 1.67. The van der Waals surface area contributed by atoms with Crippen molar-refractivity contribution >= 4 is 39.4 Å².